The zero-order valence-corrected chi connectivity index (χ0v) is 13.1. The quantitative estimate of drug-likeness (QED) is 0.745. The van der Waals surface area contributed by atoms with E-state index in [1.165, 1.54) is 0 Å². The Hall–Kier alpha value is -2.49. The zero-order valence-electron chi connectivity index (χ0n) is 13.1. The van der Waals surface area contributed by atoms with Crippen LogP contribution in [0.5, 0.6) is 0 Å². The van der Waals surface area contributed by atoms with Crippen LogP contribution < -0.4 is 5.56 Å². The van der Waals surface area contributed by atoms with Crippen molar-refractivity contribution in [3.05, 3.63) is 70.0 Å². The molecule has 1 atom stereocenters. The average molecular weight is 293 g/mol. The Morgan fingerprint density at radius 3 is 2.68 bits per heavy atom. The van der Waals surface area contributed by atoms with Gasteiger partial charge < -0.3 is 0 Å². The highest BCUT2D eigenvalue weighted by atomic mass is 16.1. The van der Waals surface area contributed by atoms with Gasteiger partial charge in [0.15, 0.2) is 0 Å². The van der Waals surface area contributed by atoms with E-state index in [1.807, 2.05) is 57.2 Å². The molecule has 0 aliphatic heterocycles. The molecule has 0 radical (unpaired) electrons. The maximum absolute atomic E-state index is 12.8. The summed E-state index contributed by atoms with van der Waals surface area (Å²) in [6.07, 6.45) is 2.35. The van der Waals surface area contributed by atoms with Gasteiger partial charge in [0.1, 0.15) is 0 Å². The van der Waals surface area contributed by atoms with Crippen LogP contribution in [0.25, 0.3) is 10.9 Å². The summed E-state index contributed by atoms with van der Waals surface area (Å²) >= 11 is 0. The van der Waals surface area contributed by atoms with Crippen molar-refractivity contribution in [1.82, 2.24) is 14.5 Å². The van der Waals surface area contributed by atoms with Crippen molar-refractivity contribution >= 4 is 10.9 Å². The number of hydrogen-bond donors (Lipinski definition) is 0. The molecule has 0 saturated carbocycles. The Morgan fingerprint density at radius 2 is 1.91 bits per heavy atom. The number of pyridine rings is 1. The van der Waals surface area contributed by atoms with Gasteiger partial charge in [0.2, 0.25) is 0 Å². The number of rotatable bonds is 3. The molecule has 0 N–H and O–H groups in total. The number of benzene rings is 1. The molecule has 4 nitrogen and oxygen atoms in total. The Morgan fingerprint density at radius 1 is 1.14 bits per heavy atom. The molecular formula is C18H19N3O. The van der Waals surface area contributed by atoms with Crippen LogP contribution in [-0.2, 0) is 6.42 Å². The molecule has 0 aliphatic carbocycles. The molecule has 0 amide bonds. The van der Waals surface area contributed by atoms with Crippen molar-refractivity contribution in [1.29, 1.82) is 0 Å². The minimum Gasteiger partial charge on any atom is -0.295 e. The highest BCUT2D eigenvalue weighted by Crippen LogP contribution is 2.15. The molecule has 0 bridgehead atoms. The fourth-order valence-electron chi connectivity index (χ4n) is 2.77. The third kappa shape index (κ3) is 2.64. The molecule has 112 valence electrons. The van der Waals surface area contributed by atoms with Crippen molar-refractivity contribution < 1.29 is 0 Å². The average Bonchev–Trinajstić information content (AvgIpc) is 2.47. The Balaban J connectivity index is 2.01. The fourth-order valence-corrected chi connectivity index (χ4v) is 2.77. The molecule has 0 aliphatic rings. The van der Waals surface area contributed by atoms with Crippen LogP contribution in [0.2, 0.25) is 0 Å². The third-order valence-corrected chi connectivity index (χ3v) is 3.95. The lowest BCUT2D eigenvalue weighted by atomic mass is 10.1. The molecular weight excluding hydrogens is 274 g/mol. The first-order chi connectivity index (χ1) is 10.6. The second-order valence-corrected chi connectivity index (χ2v) is 5.75. The minimum absolute atomic E-state index is 0.0123. The van der Waals surface area contributed by atoms with Crippen molar-refractivity contribution in [2.75, 3.05) is 0 Å². The second kappa shape index (κ2) is 5.72. The SMILES string of the molecule is Cc1cccc(C[C@H](C)n2cnc3cccc(C)c3c2=O)n1. The lowest BCUT2D eigenvalue weighted by Crippen LogP contribution is -2.25. The summed E-state index contributed by atoms with van der Waals surface area (Å²) < 4.78 is 1.71. The highest BCUT2D eigenvalue weighted by Gasteiger charge is 2.12. The van der Waals surface area contributed by atoms with Crippen LogP contribution in [0.15, 0.2) is 47.5 Å². The van der Waals surface area contributed by atoms with Crippen LogP contribution in [-0.4, -0.2) is 14.5 Å². The number of nitrogens with zero attached hydrogens (tertiary/aromatic N) is 3. The summed E-state index contributed by atoms with van der Waals surface area (Å²) in [7, 11) is 0. The van der Waals surface area contributed by atoms with Gasteiger partial charge in [0.25, 0.3) is 5.56 Å². The summed E-state index contributed by atoms with van der Waals surface area (Å²) in [5, 5.41) is 0.703. The minimum atomic E-state index is 0.0123. The summed E-state index contributed by atoms with van der Waals surface area (Å²) in [4.78, 5) is 21.7. The van der Waals surface area contributed by atoms with E-state index in [0.717, 1.165) is 22.5 Å². The van der Waals surface area contributed by atoms with Crippen LogP contribution in [0.1, 0.15) is 29.9 Å². The number of aryl methyl sites for hydroxylation is 2. The van der Waals surface area contributed by atoms with Crippen molar-refractivity contribution in [3.63, 3.8) is 0 Å². The van der Waals surface area contributed by atoms with Gasteiger partial charge in [-0.2, -0.15) is 0 Å². The number of hydrogen-bond acceptors (Lipinski definition) is 3. The Labute approximate surface area is 129 Å². The molecule has 0 unspecified atom stereocenters. The highest BCUT2D eigenvalue weighted by molar-refractivity contribution is 5.80. The van der Waals surface area contributed by atoms with Gasteiger partial charge in [0, 0.05) is 23.9 Å². The van der Waals surface area contributed by atoms with Crippen LogP contribution in [0.3, 0.4) is 0 Å². The predicted octanol–water partition coefficient (Wildman–Crippen LogP) is 3.21. The van der Waals surface area contributed by atoms with E-state index in [9.17, 15) is 4.79 Å². The fraction of sp³-hybridized carbons (Fsp3) is 0.278. The molecule has 0 spiro atoms. The molecule has 0 fully saturated rings. The normalized spacial score (nSPS) is 12.5. The first-order valence-corrected chi connectivity index (χ1v) is 7.45. The van der Waals surface area contributed by atoms with E-state index in [1.54, 1.807) is 10.9 Å². The van der Waals surface area contributed by atoms with Gasteiger partial charge in [-0.05, 0) is 44.5 Å². The van der Waals surface area contributed by atoms with E-state index in [0.29, 0.717) is 11.8 Å². The van der Waals surface area contributed by atoms with Crippen LogP contribution >= 0.6 is 0 Å². The second-order valence-electron chi connectivity index (χ2n) is 5.75. The number of fused-ring (bicyclic) bond motifs is 1. The van der Waals surface area contributed by atoms with Gasteiger partial charge in [-0.15, -0.1) is 0 Å². The first-order valence-electron chi connectivity index (χ1n) is 7.45. The largest absolute Gasteiger partial charge is 0.295 e. The molecule has 4 heteroatoms. The van der Waals surface area contributed by atoms with Gasteiger partial charge in [-0.1, -0.05) is 18.2 Å². The standard InChI is InChI=1S/C18H19N3O/c1-12-6-4-9-16-17(12)18(22)21(11-19-16)14(3)10-15-8-5-7-13(2)20-15/h4-9,11,14H,10H2,1-3H3/t14-/m0/s1. The summed E-state index contributed by atoms with van der Waals surface area (Å²) in [5.74, 6) is 0. The third-order valence-electron chi connectivity index (χ3n) is 3.95. The Kier molecular flexibility index (Phi) is 3.75. The summed E-state index contributed by atoms with van der Waals surface area (Å²) in [6, 6.07) is 11.7. The molecule has 2 heterocycles. The maximum Gasteiger partial charge on any atom is 0.261 e. The van der Waals surface area contributed by atoms with Gasteiger partial charge in [0.05, 0.1) is 17.2 Å². The molecule has 22 heavy (non-hydrogen) atoms. The zero-order chi connectivity index (χ0) is 15.7. The van der Waals surface area contributed by atoms with Crippen LogP contribution in [0.4, 0.5) is 0 Å². The first kappa shape index (κ1) is 14.4. The molecule has 3 rings (SSSR count). The van der Waals surface area contributed by atoms with Crippen molar-refractivity contribution in [2.24, 2.45) is 0 Å². The van der Waals surface area contributed by atoms with E-state index in [-0.39, 0.29) is 11.6 Å². The Bertz CT molecular complexity index is 883. The lowest BCUT2D eigenvalue weighted by Gasteiger charge is -2.15. The van der Waals surface area contributed by atoms with Crippen molar-refractivity contribution in [2.45, 2.75) is 33.2 Å². The van der Waals surface area contributed by atoms with Gasteiger partial charge >= 0.3 is 0 Å². The monoisotopic (exact) mass is 293 g/mol. The van der Waals surface area contributed by atoms with Crippen molar-refractivity contribution in [3.8, 4) is 0 Å². The molecule has 3 aromatic rings. The predicted molar refractivity (Wildman–Crippen MR) is 88.1 cm³/mol. The van der Waals surface area contributed by atoms with Gasteiger partial charge in [-0.3, -0.25) is 14.3 Å². The summed E-state index contributed by atoms with van der Waals surface area (Å²) in [6.45, 7) is 5.95. The van der Waals surface area contributed by atoms with Gasteiger partial charge in [-0.25, -0.2) is 4.98 Å². The number of aromatic nitrogens is 3. The van der Waals surface area contributed by atoms with E-state index in [2.05, 4.69) is 9.97 Å². The topological polar surface area (TPSA) is 47.8 Å². The lowest BCUT2D eigenvalue weighted by molar-refractivity contribution is 0.517. The molecule has 1 aromatic carbocycles. The summed E-state index contributed by atoms with van der Waals surface area (Å²) in [5.41, 5.74) is 3.71. The maximum atomic E-state index is 12.8. The molecule has 2 aromatic heterocycles. The van der Waals surface area contributed by atoms with E-state index in [4.69, 9.17) is 0 Å². The molecule has 0 saturated heterocycles. The van der Waals surface area contributed by atoms with E-state index >= 15 is 0 Å². The van der Waals surface area contributed by atoms with E-state index < -0.39 is 0 Å². The van der Waals surface area contributed by atoms with Crippen LogP contribution in [0, 0.1) is 13.8 Å². The smallest absolute Gasteiger partial charge is 0.261 e.